The molecule has 17 heavy (non-hydrogen) atoms. The van der Waals surface area contributed by atoms with Gasteiger partial charge in [-0.05, 0) is 31.4 Å². The van der Waals surface area contributed by atoms with E-state index in [9.17, 15) is 4.79 Å². The van der Waals surface area contributed by atoms with Crippen LogP contribution in [0.3, 0.4) is 0 Å². The predicted octanol–water partition coefficient (Wildman–Crippen LogP) is 3.28. The van der Waals surface area contributed by atoms with E-state index < -0.39 is 0 Å². The Labute approximate surface area is 102 Å². The summed E-state index contributed by atoms with van der Waals surface area (Å²) in [5.41, 5.74) is 2.17. The third-order valence-corrected chi connectivity index (χ3v) is 2.78. The molecule has 1 aromatic carbocycles. The van der Waals surface area contributed by atoms with Gasteiger partial charge < -0.3 is 4.74 Å². The molecule has 0 aromatic heterocycles. The van der Waals surface area contributed by atoms with Crippen molar-refractivity contribution in [1.29, 1.82) is 0 Å². The largest absolute Gasteiger partial charge is 0.449 e. The van der Waals surface area contributed by atoms with Crippen LogP contribution >= 0.6 is 0 Å². The third kappa shape index (κ3) is 2.87. The molecule has 1 aromatic rings. The first kappa shape index (κ1) is 11.7. The highest BCUT2D eigenvalue weighted by atomic mass is 16.6. The fourth-order valence-electron chi connectivity index (χ4n) is 2.00. The lowest BCUT2D eigenvalue weighted by molar-refractivity contribution is 0.123. The summed E-state index contributed by atoms with van der Waals surface area (Å²) in [4.78, 5) is 13.4. The zero-order chi connectivity index (χ0) is 12.1. The molecule has 1 aliphatic heterocycles. The number of nitrogens with zero attached hydrogens (tertiary/aromatic N) is 1. The van der Waals surface area contributed by atoms with E-state index in [0.29, 0.717) is 6.61 Å². The van der Waals surface area contributed by atoms with Gasteiger partial charge in [0.05, 0.1) is 6.61 Å². The van der Waals surface area contributed by atoms with E-state index in [0.717, 1.165) is 30.6 Å². The topological polar surface area (TPSA) is 29.5 Å². The molecule has 0 radical (unpaired) electrons. The first-order chi connectivity index (χ1) is 8.31. The molecule has 1 amide bonds. The highest BCUT2D eigenvalue weighted by Gasteiger charge is 2.23. The summed E-state index contributed by atoms with van der Waals surface area (Å²) in [6.45, 7) is 3.01. The fraction of sp³-hybridized carbons (Fsp3) is 0.357. The number of hydrogen-bond donors (Lipinski definition) is 0. The Bertz CT molecular complexity index is 411. The van der Waals surface area contributed by atoms with E-state index >= 15 is 0 Å². The molecule has 1 fully saturated rings. The molecular formula is C14H17NO2. The van der Waals surface area contributed by atoms with Crippen LogP contribution < -0.4 is 0 Å². The molecule has 3 heteroatoms. The molecular weight excluding hydrogens is 214 g/mol. The van der Waals surface area contributed by atoms with Gasteiger partial charge in [0.25, 0.3) is 0 Å². The van der Waals surface area contributed by atoms with Crippen molar-refractivity contribution < 1.29 is 9.53 Å². The van der Waals surface area contributed by atoms with Gasteiger partial charge in [0, 0.05) is 12.2 Å². The maximum atomic E-state index is 11.7. The van der Waals surface area contributed by atoms with Crippen LogP contribution in [0.4, 0.5) is 4.79 Å². The molecule has 1 aliphatic rings. The molecule has 0 unspecified atom stereocenters. The molecule has 0 bridgehead atoms. The summed E-state index contributed by atoms with van der Waals surface area (Å²) < 4.78 is 5.04. The van der Waals surface area contributed by atoms with Crippen LogP contribution in [0.15, 0.2) is 36.0 Å². The van der Waals surface area contributed by atoms with Gasteiger partial charge >= 0.3 is 6.09 Å². The maximum absolute atomic E-state index is 11.7. The monoisotopic (exact) mass is 231 g/mol. The van der Waals surface area contributed by atoms with E-state index in [4.69, 9.17) is 4.74 Å². The Balaban J connectivity index is 2.14. The standard InChI is InChI=1S/C14H17NO2/c1-2-17-14(16)15-10-6-9-13(15)11-12-7-4-3-5-8-12/h3-5,7-8,11H,2,6,9-10H2,1H3/b13-11-. The fourth-order valence-corrected chi connectivity index (χ4v) is 2.00. The number of benzene rings is 1. The zero-order valence-corrected chi connectivity index (χ0v) is 10.1. The lowest BCUT2D eigenvalue weighted by Crippen LogP contribution is -2.27. The lowest BCUT2D eigenvalue weighted by atomic mass is 10.2. The Morgan fingerprint density at radius 2 is 2.18 bits per heavy atom. The smallest absolute Gasteiger partial charge is 0.414 e. The Kier molecular flexibility index (Phi) is 3.81. The number of allylic oxidation sites excluding steroid dienone is 1. The maximum Gasteiger partial charge on any atom is 0.414 e. The van der Waals surface area contributed by atoms with Gasteiger partial charge in [-0.3, -0.25) is 4.90 Å². The second-order valence-electron chi connectivity index (χ2n) is 4.00. The van der Waals surface area contributed by atoms with Gasteiger partial charge in [0.15, 0.2) is 0 Å². The van der Waals surface area contributed by atoms with Gasteiger partial charge in [0.1, 0.15) is 0 Å². The Morgan fingerprint density at radius 3 is 2.88 bits per heavy atom. The molecule has 0 atom stereocenters. The van der Waals surface area contributed by atoms with Gasteiger partial charge in [0.2, 0.25) is 0 Å². The second kappa shape index (κ2) is 5.53. The average molecular weight is 231 g/mol. The van der Waals surface area contributed by atoms with Crippen molar-refractivity contribution in [2.45, 2.75) is 19.8 Å². The molecule has 0 saturated carbocycles. The van der Waals surface area contributed by atoms with Gasteiger partial charge in [-0.25, -0.2) is 4.79 Å². The van der Waals surface area contributed by atoms with Crippen molar-refractivity contribution in [3.05, 3.63) is 41.6 Å². The Hall–Kier alpha value is -1.77. The normalized spacial score (nSPS) is 17.5. The summed E-state index contributed by atoms with van der Waals surface area (Å²) in [5, 5.41) is 0. The number of ether oxygens (including phenoxy) is 1. The molecule has 3 nitrogen and oxygen atoms in total. The minimum atomic E-state index is -0.229. The minimum absolute atomic E-state index is 0.229. The number of carbonyl (C=O) groups excluding carboxylic acids is 1. The lowest BCUT2D eigenvalue weighted by Gasteiger charge is -2.17. The van der Waals surface area contributed by atoms with Crippen LogP contribution in [0.2, 0.25) is 0 Å². The average Bonchev–Trinajstić information content (AvgIpc) is 2.79. The van der Waals surface area contributed by atoms with Crippen molar-refractivity contribution in [3.8, 4) is 0 Å². The number of carbonyl (C=O) groups is 1. The Morgan fingerprint density at radius 1 is 1.41 bits per heavy atom. The predicted molar refractivity (Wildman–Crippen MR) is 67.4 cm³/mol. The van der Waals surface area contributed by atoms with E-state index in [1.807, 2.05) is 37.3 Å². The summed E-state index contributed by atoms with van der Waals surface area (Å²) in [7, 11) is 0. The van der Waals surface area contributed by atoms with Crippen molar-refractivity contribution in [2.75, 3.05) is 13.2 Å². The number of amides is 1. The first-order valence-electron chi connectivity index (χ1n) is 6.01. The van der Waals surface area contributed by atoms with Crippen LogP contribution in [-0.2, 0) is 4.74 Å². The quantitative estimate of drug-likeness (QED) is 0.781. The van der Waals surface area contributed by atoms with E-state index in [2.05, 4.69) is 6.08 Å². The molecule has 0 aliphatic carbocycles. The van der Waals surface area contributed by atoms with Gasteiger partial charge in [-0.1, -0.05) is 30.3 Å². The van der Waals surface area contributed by atoms with E-state index in [1.165, 1.54) is 0 Å². The highest BCUT2D eigenvalue weighted by Crippen LogP contribution is 2.24. The van der Waals surface area contributed by atoms with Gasteiger partial charge in [-0.2, -0.15) is 0 Å². The van der Waals surface area contributed by atoms with Crippen molar-refractivity contribution in [1.82, 2.24) is 4.90 Å². The first-order valence-corrected chi connectivity index (χ1v) is 6.01. The molecule has 1 heterocycles. The number of hydrogen-bond acceptors (Lipinski definition) is 2. The highest BCUT2D eigenvalue weighted by molar-refractivity contribution is 5.72. The van der Waals surface area contributed by atoms with Gasteiger partial charge in [-0.15, -0.1) is 0 Å². The summed E-state index contributed by atoms with van der Waals surface area (Å²) >= 11 is 0. The summed E-state index contributed by atoms with van der Waals surface area (Å²) in [6.07, 6.45) is 3.78. The van der Waals surface area contributed by atoms with Crippen LogP contribution in [0.5, 0.6) is 0 Å². The second-order valence-corrected chi connectivity index (χ2v) is 4.00. The minimum Gasteiger partial charge on any atom is -0.449 e. The van der Waals surface area contributed by atoms with Crippen LogP contribution in [0.1, 0.15) is 25.3 Å². The molecule has 90 valence electrons. The summed E-state index contributed by atoms with van der Waals surface area (Å²) in [6, 6.07) is 10.1. The molecule has 1 saturated heterocycles. The molecule has 0 N–H and O–H groups in total. The molecule has 0 spiro atoms. The molecule has 2 rings (SSSR count). The van der Waals surface area contributed by atoms with E-state index in [1.54, 1.807) is 4.90 Å². The van der Waals surface area contributed by atoms with Crippen LogP contribution in [-0.4, -0.2) is 24.1 Å². The van der Waals surface area contributed by atoms with Crippen LogP contribution in [0.25, 0.3) is 6.08 Å². The van der Waals surface area contributed by atoms with Crippen molar-refractivity contribution in [3.63, 3.8) is 0 Å². The van der Waals surface area contributed by atoms with Crippen LogP contribution in [0, 0.1) is 0 Å². The summed E-state index contributed by atoms with van der Waals surface area (Å²) in [5.74, 6) is 0. The van der Waals surface area contributed by atoms with Crippen molar-refractivity contribution in [2.24, 2.45) is 0 Å². The third-order valence-electron chi connectivity index (χ3n) is 2.78. The number of likely N-dealkylation sites (tertiary alicyclic amines) is 1. The van der Waals surface area contributed by atoms with E-state index in [-0.39, 0.29) is 6.09 Å². The number of rotatable bonds is 2. The SMILES string of the molecule is CCOC(=O)N1CCC/C1=C/c1ccccc1. The zero-order valence-electron chi connectivity index (χ0n) is 10.1. The van der Waals surface area contributed by atoms with Crippen molar-refractivity contribution >= 4 is 12.2 Å².